The molecule has 0 saturated heterocycles. The number of amides is 2. The van der Waals surface area contributed by atoms with Crippen LogP contribution in [0.5, 0.6) is 0 Å². The second-order valence-corrected chi connectivity index (χ2v) is 8.49. The molecule has 0 saturated carbocycles. The number of aliphatic carboxylic acids is 1. The first-order chi connectivity index (χ1) is 15.8. The minimum atomic E-state index is -1.15. The van der Waals surface area contributed by atoms with Crippen LogP contribution in [-0.2, 0) is 27.2 Å². The topological polar surface area (TPSA) is 137 Å². The Balaban J connectivity index is 0.00000408. The fraction of sp³-hybridized carbons (Fsp3) is 0.320. The number of carbonyl (C=O) groups is 3. The van der Waals surface area contributed by atoms with Gasteiger partial charge in [0.1, 0.15) is 12.1 Å². The number of benzene rings is 2. The summed E-state index contributed by atoms with van der Waals surface area (Å²) in [6.45, 7) is 3.56. The normalized spacial score (nSPS) is 13.5. The lowest BCUT2D eigenvalue weighted by Gasteiger charge is -2.25. The van der Waals surface area contributed by atoms with Crippen molar-refractivity contribution in [3.8, 4) is 0 Å². The molecule has 0 radical (unpaired) electrons. The molecule has 3 rings (SSSR count). The van der Waals surface area contributed by atoms with Crippen LogP contribution in [0.4, 0.5) is 0 Å². The SMILES string of the molecule is CC(C)C(NC(=O)C(N)Cc1ccccc1)C(=O)NC(Cc1c[nH]c2ccccc12)C(=O)O.Cl. The van der Waals surface area contributed by atoms with Gasteiger partial charge >= 0.3 is 5.97 Å². The van der Waals surface area contributed by atoms with Gasteiger partial charge in [-0.2, -0.15) is 0 Å². The van der Waals surface area contributed by atoms with Crippen LogP contribution in [0.3, 0.4) is 0 Å². The molecule has 3 aromatic rings. The number of carboxylic acid groups (broad SMARTS) is 1. The third-order valence-corrected chi connectivity index (χ3v) is 5.60. The molecule has 8 nitrogen and oxygen atoms in total. The zero-order chi connectivity index (χ0) is 24.0. The Bertz CT molecular complexity index is 1120. The average Bonchev–Trinajstić information content (AvgIpc) is 3.20. The van der Waals surface area contributed by atoms with E-state index in [9.17, 15) is 19.5 Å². The number of hydrogen-bond acceptors (Lipinski definition) is 4. The minimum absolute atomic E-state index is 0. The third kappa shape index (κ3) is 6.82. The smallest absolute Gasteiger partial charge is 0.326 e. The van der Waals surface area contributed by atoms with E-state index in [0.29, 0.717) is 6.42 Å². The number of aromatic amines is 1. The number of hydrogen-bond donors (Lipinski definition) is 5. The summed E-state index contributed by atoms with van der Waals surface area (Å²) in [5.41, 5.74) is 8.64. The first-order valence-corrected chi connectivity index (χ1v) is 10.9. The molecule has 3 unspecified atom stereocenters. The summed E-state index contributed by atoms with van der Waals surface area (Å²) in [5.74, 6) is -2.43. The van der Waals surface area contributed by atoms with Crippen LogP contribution in [0, 0.1) is 5.92 Å². The van der Waals surface area contributed by atoms with Crippen LogP contribution in [-0.4, -0.2) is 46.0 Å². The number of rotatable bonds is 10. The molecule has 0 spiro atoms. The van der Waals surface area contributed by atoms with Gasteiger partial charge in [0.25, 0.3) is 0 Å². The Labute approximate surface area is 204 Å². The Morgan fingerprint density at radius 3 is 2.24 bits per heavy atom. The van der Waals surface area contributed by atoms with Crippen LogP contribution in [0.2, 0.25) is 0 Å². The van der Waals surface area contributed by atoms with Crippen molar-refractivity contribution >= 4 is 41.1 Å². The number of H-pyrrole nitrogens is 1. The number of carbonyl (C=O) groups excluding carboxylic acids is 2. The average molecular weight is 487 g/mol. The van der Waals surface area contributed by atoms with Crippen molar-refractivity contribution in [3.63, 3.8) is 0 Å². The maximum atomic E-state index is 13.0. The minimum Gasteiger partial charge on any atom is -0.480 e. The summed E-state index contributed by atoms with van der Waals surface area (Å²) in [6.07, 6.45) is 2.19. The molecular formula is C25H31ClN4O4. The van der Waals surface area contributed by atoms with E-state index in [1.54, 1.807) is 20.0 Å². The lowest BCUT2D eigenvalue weighted by atomic mass is 10.00. The highest BCUT2D eigenvalue weighted by Gasteiger charge is 2.30. The Morgan fingerprint density at radius 1 is 0.941 bits per heavy atom. The third-order valence-electron chi connectivity index (χ3n) is 5.60. The molecule has 0 bridgehead atoms. The molecule has 0 aliphatic carbocycles. The maximum absolute atomic E-state index is 13.0. The lowest BCUT2D eigenvalue weighted by molar-refractivity contribution is -0.142. The molecule has 182 valence electrons. The van der Waals surface area contributed by atoms with Gasteiger partial charge in [-0.05, 0) is 29.5 Å². The van der Waals surface area contributed by atoms with Gasteiger partial charge in [0, 0.05) is 23.5 Å². The van der Waals surface area contributed by atoms with E-state index in [-0.39, 0.29) is 24.7 Å². The van der Waals surface area contributed by atoms with E-state index < -0.39 is 35.9 Å². The Morgan fingerprint density at radius 2 is 1.59 bits per heavy atom. The van der Waals surface area contributed by atoms with E-state index in [4.69, 9.17) is 5.73 Å². The van der Waals surface area contributed by atoms with Crippen LogP contribution in [0.15, 0.2) is 60.8 Å². The van der Waals surface area contributed by atoms with Gasteiger partial charge in [0.15, 0.2) is 0 Å². The van der Waals surface area contributed by atoms with Crippen LogP contribution in [0.1, 0.15) is 25.0 Å². The molecule has 9 heteroatoms. The molecule has 1 aromatic heterocycles. The second-order valence-electron chi connectivity index (χ2n) is 8.49. The fourth-order valence-corrected chi connectivity index (χ4v) is 3.74. The molecule has 0 fully saturated rings. The Hall–Kier alpha value is -3.36. The first kappa shape index (κ1) is 26.9. The summed E-state index contributed by atoms with van der Waals surface area (Å²) < 4.78 is 0. The molecule has 2 amide bonds. The maximum Gasteiger partial charge on any atom is 0.326 e. The van der Waals surface area contributed by atoms with E-state index >= 15 is 0 Å². The van der Waals surface area contributed by atoms with Gasteiger partial charge in [0.05, 0.1) is 6.04 Å². The van der Waals surface area contributed by atoms with Crippen molar-refractivity contribution < 1.29 is 19.5 Å². The number of carboxylic acids is 1. The van der Waals surface area contributed by atoms with Crippen LogP contribution >= 0.6 is 12.4 Å². The highest BCUT2D eigenvalue weighted by Crippen LogP contribution is 2.19. The van der Waals surface area contributed by atoms with Crippen molar-refractivity contribution in [2.45, 2.75) is 44.8 Å². The van der Waals surface area contributed by atoms with Crippen molar-refractivity contribution in [3.05, 3.63) is 71.9 Å². The lowest BCUT2D eigenvalue weighted by Crippen LogP contribution is -2.56. The van der Waals surface area contributed by atoms with E-state index in [2.05, 4.69) is 15.6 Å². The van der Waals surface area contributed by atoms with Crippen molar-refractivity contribution in [1.29, 1.82) is 0 Å². The van der Waals surface area contributed by atoms with Crippen molar-refractivity contribution in [2.24, 2.45) is 11.7 Å². The number of para-hydroxylation sites is 1. The first-order valence-electron chi connectivity index (χ1n) is 10.9. The summed E-state index contributed by atoms with van der Waals surface area (Å²) in [5, 5.41) is 15.9. The van der Waals surface area contributed by atoms with Crippen molar-refractivity contribution in [2.75, 3.05) is 0 Å². The van der Waals surface area contributed by atoms with Crippen LogP contribution < -0.4 is 16.4 Å². The standard InChI is InChI=1S/C25H30N4O4.ClH/c1-15(2)22(29-23(30)19(26)12-16-8-4-3-5-9-16)24(31)28-21(25(32)33)13-17-14-27-20-11-7-6-10-18(17)20;/h3-11,14-15,19,21-22,27H,12-13,26H2,1-2H3,(H,28,31)(H,29,30)(H,32,33);1H. The molecule has 0 aliphatic rings. The molecular weight excluding hydrogens is 456 g/mol. The molecule has 3 atom stereocenters. The molecule has 0 aliphatic heterocycles. The summed E-state index contributed by atoms with van der Waals surface area (Å²) >= 11 is 0. The summed E-state index contributed by atoms with van der Waals surface area (Å²) in [7, 11) is 0. The zero-order valence-corrected chi connectivity index (χ0v) is 20.0. The van der Waals surface area contributed by atoms with E-state index in [0.717, 1.165) is 22.0 Å². The van der Waals surface area contributed by atoms with Gasteiger partial charge in [0.2, 0.25) is 11.8 Å². The van der Waals surface area contributed by atoms with Gasteiger partial charge in [-0.15, -0.1) is 12.4 Å². The number of halogens is 1. The van der Waals surface area contributed by atoms with E-state index in [1.165, 1.54) is 0 Å². The van der Waals surface area contributed by atoms with Crippen LogP contribution in [0.25, 0.3) is 10.9 Å². The molecule has 34 heavy (non-hydrogen) atoms. The monoisotopic (exact) mass is 486 g/mol. The number of aromatic nitrogens is 1. The molecule has 1 heterocycles. The molecule has 6 N–H and O–H groups in total. The largest absolute Gasteiger partial charge is 0.480 e. The Kier molecular flexibility index (Phi) is 9.65. The van der Waals surface area contributed by atoms with Gasteiger partial charge in [-0.25, -0.2) is 4.79 Å². The predicted octanol–water partition coefficient (Wildman–Crippen LogP) is 2.41. The number of fused-ring (bicyclic) bond motifs is 1. The summed E-state index contributed by atoms with van der Waals surface area (Å²) in [4.78, 5) is 40.6. The highest BCUT2D eigenvalue weighted by atomic mass is 35.5. The second kappa shape index (κ2) is 12.2. The zero-order valence-electron chi connectivity index (χ0n) is 19.2. The fourth-order valence-electron chi connectivity index (χ4n) is 3.74. The number of nitrogens with one attached hydrogen (secondary N) is 3. The number of nitrogens with two attached hydrogens (primary N) is 1. The molecule has 2 aromatic carbocycles. The van der Waals surface area contributed by atoms with Crippen molar-refractivity contribution in [1.82, 2.24) is 15.6 Å². The predicted molar refractivity (Wildman–Crippen MR) is 134 cm³/mol. The highest BCUT2D eigenvalue weighted by molar-refractivity contribution is 5.92. The van der Waals surface area contributed by atoms with E-state index in [1.807, 2.05) is 54.6 Å². The van der Waals surface area contributed by atoms with Gasteiger partial charge < -0.3 is 26.5 Å². The van der Waals surface area contributed by atoms with Gasteiger partial charge in [-0.3, -0.25) is 9.59 Å². The van der Waals surface area contributed by atoms with Gasteiger partial charge in [-0.1, -0.05) is 62.4 Å². The quantitative estimate of drug-likeness (QED) is 0.299. The summed E-state index contributed by atoms with van der Waals surface area (Å²) in [6, 6.07) is 14.0.